The van der Waals surface area contributed by atoms with Crippen LogP contribution < -0.4 is 0 Å². The van der Waals surface area contributed by atoms with E-state index in [0.717, 1.165) is 38.5 Å². The highest BCUT2D eigenvalue weighted by atomic mass is 19.4. The van der Waals surface area contributed by atoms with E-state index in [4.69, 9.17) is 0 Å². The third-order valence-electron chi connectivity index (χ3n) is 4.84. The van der Waals surface area contributed by atoms with Crippen LogP contribution in [0.3, 0.4) is 0 Å². The van der Waals surface area contributed by atoms with E-state index in [1.165, 1.54) is 0 Å². The molecule has 102 valence electrons. The Morgan fingerprint density at radius 3 is 1.89 bits per heavy atom. The molecule has 4 fully saturated rings. The first-order chi connectivity index (χ1) is 8.36. The van der Waals surface area contributed by atoms with Crippen LogP contribution in [0.15, 0.2) is 0 Å². The minimum absolute atomic E-state index is 0.537. The third-order valence-corrected chi connectivity index (χ3v) is 4.84. The lowest BCUT2D eigenvalue weighted by molar-refractivity contribution is -0.202. The molecule has 5 heteroatoms. The van der Waals surface area contributed by atoms with Gasteiger partial charge in [0, 0.05) is 0 Å². The lowest BCUT2D eigenvalue weighted by Gasteiger charge is -2.55. The maximum Gasteiger partial charge on any atom is 0.422 e. The van der Waals surface area contributed by atoms with E-state index in [0.29, 0.717) is 17.8 Å². The smallest absolute Gasteiger partial charge is 0.422 e. The quantitative estimate of drug-likeness (QED) is 0.714. The van der Waals surface area contributed by atoms with Crippen molar-refractivity contribution in [3.05, 3.63) is 0 Å². The van der Waals surface area contributed by atoms with Crippen LogP contribution in [0, 0.1) is 23.2 Å². The molecule has 4 aliphatic rings. The molecule has 4 bridgehead atoms. The van der Waals surface area contributed by atoms with Gasteiger partial charge in [0.15, 0.2) is 6.61 Å². The molecule has 0 aromatic rings. The fourth-order valence-corrected chi connectivity index (χ4v) is 4.66. The normalized spacial score (nSPS) is 42.1. The molecule has 0 aromatic heterocycles. The van der Waals surface area contributed by atoms with E-state index in [1.807, 2.05) is 0 Å². The number of alkyl halides is 3. The van der Waals surface area contributed by atoms with Crippen LogP contribution in [-0.4, -0.2) is 18.8 Å². The summed E-state index contributed by atoms with van der Waals surface area (Å²) in [6.45, 7) is -1.44. The molecule has 0 spiro atoms. The van der Waals surface area contributed by atoms with Crippen molar-refractivity contribution in [1.82, 2.24) is 0 Å². The number of hydrogen-bond donors (Lipinski definition) is 0. The van der Waals surface area contributed by atoms with Crippen molar-refractivity contribution in [3.8, 4) is 0 Å². The second-order valence-electron chi connectivity index (χ2n) is 6.39. The maximum absolute atomic E-state index is 12.1. The minimum Gasteiger partial charge on any atom is -0.456 e. The summed E-state index contributed by atoms with van der Waals surface area (Å²) < 4.78 is 40.9. The first-order valence-corrected chi connectivity index (χ1v) is 6.60. The van der Waals surface area contributed by atoms with Crippen molar-refractivity contribution >= 4 is 5.97 Å². The summed E-state index contributed by atoms with van der Waals surface area (Å²) in [5.74, 6) is 1.01. The van der Waals surface area contributed by atoms with Crippen molar-refractivity contribution in [1.29, 1.82) is 0 Å². The molecular formula is C13H17F3O2. The van der Waals surface area contributed by atoms with Gasteiger partial charge in [-0.05, 0) is 56.3 Å². The number of hydrogen-bond acceptors (Lipinski definition) is 2. The van der Waals surface area contributed by atoms with Crippen LogP contribution in [0.25, 0.3) is 0 Å². The minimum atomic E-state index is -4.42. The first kappa shape index (κ1) is 12.3. The summed E-state index contributed by atoms with van der Waals surface area (Å²) in [5.41, 5.74) is -0.583. The van der Waals surface area contributed by atoms with Gasteiger partial charge in [-0.15, -0.1) is 0 Å². The molecule has 0 aliphatic heterocycles. The van der Waals surface area contributed by atoms with E-state index in [1.54, 1.807) is 0 Å². The Morgan fingerprint density at radius 1 is 1.06 bits per heavy atom. The third kappa shape index (κ3) is 2.12. The molecule has 4 saturated carbocycles. The molecule has 0 atom stereocenters. The Bertz CT molecular complexity index is 326. The lowest BCUT2D eigenvalue weighted by atomic mass is 9.49. The SMILES string of the molecule is O=C(OCC(F)(F)F)C12CC3CC(CC(C3)C1)C2. The number of carbonyl (C=O) groups is 1. The summed E-state index contributed by atoms with van der Waals surface area (Å²) in [4.78, 5) is 12.0. The van der Waals surface area contributed by atoms with Gasteiger partial charge in [0.1, 0.15) is 0 Å². The molecule has 0 radical (unpaired) electrons. The second kappa shape index (κ2) is 3.87. The monoisotopic (exact) mass is 262 g/mol. The molecule has 0 unspecified atom stereocenters. The van der Waals surface area contributed by atoms with Crippen LogP contribution in [-0.2, 0) is 9.53 Å². The maximum atomic E-state index is 12.1. The standard InChI is InChI=1S/C13H17F3O2/c14-13(15,16)7-18-11(17)12-4-8-1-9(5-12)3-10(2-8)6-12/h8-10H,1-7H2. The second-order valence-corrected chi connectivity index (χ2v) is 6.39. The number of esters is 1. The van der Waals surface area contributed by atoms with E-state index in [9.17, 15) is 18.0 Å². The predicted molar refractivity (Wildman–Crippen MR) is 57.6 cm³/mol. The lowest BCUT2D eigenvalue weighted by Crippen LogP contribution is -2.51. The molecule has 2 nitrogen and oxygen atoms in total. The number of halogens is 3. The van der Waals surface area contributed by atoms with Crippen LogP contribution >= 0.6 is 0 Å². The fraction of sp³-hybridized carbons (Fsp3) is 0.923. The van der Waals surface area contributed by atoms with Crippen molar-refractivity contribution in [3.63, 3.8) is 0 Å². The molecule has 0 saturated heterocycles. The first-order valence-electron chi connectivity index (χ1n) is 6.60. The van der Waals surface area contributed by atoms with Crippen LogP contribution in [0.2, 0.25) is 0 Å². The largest absolute Gasteiger partial charge is 0.456 e. The van der Waals surface area contributed by atoms with E-state index < -0.39 is 24.2 Å². The van der Waals surface area contributed by atoms with Gasteiger partial charge in [0.2, 0.25) is 0 Å². The van der Waals surface area contributed by atoms with Crippen LogP contribution in [0.5, 0.6) is 0 Å². The van der Waals surface area contributed by atoms with Gasteiger partial charge >= 0.3 is 12.1 Å². The molecule has 4 aliphatic carbocycles. The highest BCUT2D eigenvalue weighted by Crippen LogP contribution is 2.60. The van der Waals surface area contributed by atoms with Crippen LogP contribution in [0.1, 0.15) is 38.5 Å². The summed E-state index contributed by atoms with van der Waals surface area (Å²) in [7, 11) is 0. The zero-order valence-corrected chi connectivity index (χ0v) is 10.1. The average Bonchev–Trinajstić information content (AvgIpc) is 2.22. The van der Waals surface area contributed by atoms with Crippen molar-refractivity contribution in [2.75, 3.05) is 6.61 Å². The van der Waals surface area contributed by atoms with Crippen LogP contribution in [0.4, 0.5) is 13.2 Å². The molecule has 0 amide bonds. The summed E-state index contributed by atoms with van der Waals surface area (Å²) in [6, 6.07) is 0. The molecule has 4 rings (SSSR count). The fourth-order valence-electron chi connectivity index (χ4n) is 4.66. The Labute approximate surface area is 104 Å². The molecule has 0 aromatic carbocycles. The molecule has 18 heavy (non-hydrogen) atoms. The van der Waals surface area contributed by atoms with Gasteiger partial charge in [-0.2, -0.15) is 13.2 Å². The van der Waals surface area contributed by atoms with Gasteiger partial charge in [0.05, 0.1) is 5.41 Å². The van der Waals surface area contributed by atoms with Crippen molar-refractivity contribution in [2.45, 2.75) is 44.7 Å². The topological polar surface area (TPSA) is 26.3 Å². The van der Waals surface area contributed by atoms with E-state index in [2.05, 4.69) is 4.74 Å². The number of carbonyl (C=O) groups excluding carboxylic acids is 1. The zero-order chi connectivity index (χ0) is 13.0. The van der Waals surface area contributed by atoms with E-state index in [-0.39, 0.29) is 0 Å². The summed E-state index contributed by atoms with van der Waals surface area (Å²) >= 11 is 0. The Balaban J connectivity index is 1.69. The summed E-state index contributed by atoms with van der Waals surface area (Å²) in [5, 5.41) is 0. The van der Waals surface area contributed by atoms with Gasteiger partial charge in [-0.3, -0.25) is 4.79 Å². The Hall–Kier alpha value is -0.740. The molecule has 0 N–H and O–H groups in total. The van der Waals surface area contributed by atoms with Gasteiger partial charge in [-0.25, -0.2) is 0 Å². The van der Waals surface area contributed by atoms with Gasteiger partial charge in [-0.1, -0.05) is 0 Å². The van der Waals surface area contributed by atoms with Crippen molar-refractivity contribution in [2.24, 2.45) is 23.2 Å². The Kier molecular flexibility index (Phi) is 2.65. The molecule has 0 heterocycles. The summed E-state index contributed by atoms with van der Waals surface area (Å²) in [6.07, 6.45) is 1.29. The number of ether oxygens (including phenoxy) is 1. The predicted octanol–water partition coefficient (Wildman–Crippen LogP) is 3.31. The molecular weight excluding hydrogens is 245 g/mol. The average molecular weight is 262 g/mol. The number of rotatable bonds is 2. The van der Waals surface area contributed by atoms with Crippen molar-refractivity contribution < 1.29 is 22.7 Å². The van der Waals surface area contributed by atoms with Gasteiger partial charge < -0.3 is 4.74 Å². The zero-order valence-electron chi connectivity index (χ0n) is 10.1. The highest BCUT2D eigenvalue weighted by molar-refractivity contribution is 5.77. The van der Waals surface area contributed by atoms with E-state index >= 15 is 0 Å². The van der Waals surface area contributed by atoms with Gasteiger partial charge in [0.25, 0.3) is 0 Å². The highest BCUT2D eigenvalue weighted by Gasteiger charge is 2.55. The Morgan fingerprint density at radius 2 is 1.50 bits per heavy atom.